The van der Waals surface area contributed by atoms with Gasteiger partial charge in [0.1, 0.15) is 0 Å². The Balaban J connectivity index is 1.42. The highest BCUT2D eigenvalue weighted by Gasteiger charge is 2.35. The van der Waals surface area contributed by atoms with E-state index in [1.807, 2.05) is 0 Å². The van der Waals surface area contributed by atoms with Crippen LogP contribution in [-0.4, -0.2) is 35.8 Å². The summed E-state index contributed by atoms with van der Waals surface area (Å²) < 4.78 is 0. The summed E-state index contributed by atoms with van der Waals surface area (Å²) in [7, 11) is 0. The summed E-state index contributed by atoms with van der Waals surface area (Å²) in [5.74, 6) is -0.301. The molecule has 0 spiro atoms. The van der Waals surface area contributed by atoms with Crippen molar-refractivity contribution in [3.05, 3.63) is 29.3 Å². The van der Waals surface area contributed by atoms with Crippen LogP contribution in [0.1, 0.15) is 68.9 Å². The molecule has 1 saturated heterocycles. The number of benzene rings is 1. The maximum Gasteiger partial charge on any atom is 0.243 e. The summed E-state index contributed by atoms with van der Waals surface area (Å²) in [6.07, 6.45) is 9.79. The number of nitrogens with two attached hydrogens (primary N) is 1. The number of carbonyl (C=O) groups excluding carboxylic acids is 2. The van der Waals surface area contributed by atoms with Crippen LogP contribution in [-0.2, 0) is 22.7 Å². The molecule has 4 N–H and O–H groups in total. The molecular formula is C22H34N4O2. The molecule has 1 aromatic rings. The quantitative estimate of drug-likeness (QED) is 0.402. The van der Waals surface area contributed by atoms with Crippen molar-refractivity contribution in [1.29, 1.82) is 0 Å². The molecule has 2 aliphatic rings. The van der Waals surface area contributed by atoms with Crippen LogP contribution in [0.15, 0.2) is 18.2 Å². The Morgan fingerprint density at radius 1 is 1.04 bits per heavy atom. The minimum Gasteiger partial charge on any atom is -0.385 e. The molecule has 2 heterocycles. The van der Waals surface area contributed by atoms with E-state index in [1.165, 1.54) is 55.3 Å². The van der Waals surface area contributed by atoms with Crippen LogP contribution in [0.2, 0.25) is 0 Å². The van der Waals surface area contributed by atoms with E-state index in [0.717, 1.165) is 32.6 Å². The summed E-state index contributed by atoms with van der Waals surface area (Å²) in [4.78, 5) is 25.8. The van der Waals surface area contributed by atoms with Crippen molar-refractivity contribution >= 4 is 17.5 Å². The van der Waals surface area contributed by atoms with Gasteiger partial charge in [-0.1, -0.05) is 44.2 Å². The highest BCUT2D eigenvalue weighted by Crippen LogP contribution is 2.32. The van der Waals surface area contributed by atoms with E-state index >= 15 is 0 Å². The van der Waals surface area contributed by atoms with Gasteiger partial charge in [0, 0.05) is 31.7 Å². The Labute approximate surface area is 168 Å². The predicted molar refractivity (Wildman–Crippen MR) is 112 cm³/mol. The fourth-order valence-electron chi connectivity index (χ4n) is 4.24. The Morgan fingerprint density at radius 2 is 1.79 bits per heavy atom. The van der Waals surface area contributed by atoms with E-state index in [2.05, 4.69) is 33.7 Å². The minimum absolute atomic E-state index is 0.148. The van der Waals surface area contributed by atoms with Gasteiger partial charge in [-0.25, -0.2) is 0 Å². The van der Waals surface area contributed by atoms with Gasteiger partial charge >= 0.3 is 0 Å². The van der Waals surface area contributed by atoms with E-state index < -0.39 is 0 Å². The van der Waals surface area contributed by atoms with Crippen LogP contribution in [0.25, 0.3) is 0 Å². The van der Waals surface area contributed by atoms with Crippen LogP contribution < -0.4 is 16.4 Å². The molecule has 0 saturated carbocycles. The average Bonchev–Trinajstić information content (AvgIpc) is 3.11. The lowest BCUT2D eigenvalue weighted by Gasteiger charge is -2.29. The number of anilines is 1. The highest BCUT2D eigenvalue weighted by atomic mass is 16.2. The van der Waals surface area contributed by atoms with E-state index in [0.29, 0.717) is 12.8 Å². The third-order valence-corrected chi connectivity index (χ3v) is 5.85. The van der Waals surface area contributed by atoms with Crippen molar-refractivity contribution in [3.63, 3.8) is 0 Å². The molecule has 1 fully saturated rings. The second-order valence-electron chi connectivity index (χ2n) is 8.01. The third kappa shape index (κ3) is 5.55. The van der Waals surface area contributed by atoms with Crippen LogP contribution in [0.5, 0.6) is 0 Å². The normalized spacial score (nSPS) is 19.5. The molecule has 154 valence electrons. The van der Waals surface area contributed by atoms with E-state index in [-0.39, 0.29) is 17.9 Å². The predicted octanol–water partition coefficient (Wildman–Crippen LogP) is 2.91. The number of fused-ring (bicyclic) bond motifs is 1. The summed E-state index contributed by atoms with van der Waals surface area (Å²) in [5.41, 5.74) is 9.30. The lowest BCUT2D eigenvalue weighted by atomic mass is 10.0. The molecule has 1 atom stereocenters. The largest absolute Gasteiger partial charge is 0.385 e. The third-order valence-electron chi connectivity index (χ3n) is 5.85. The van der Waals surface area contributed by atoms with Gasteiger partial charge < -0.3 is 11.1 Å². The van der Waals surface area contributed by atoms with Gasteiger partial charge in [0.2, 0.25) is 11.8 Å². The first-order valence-corrected chi connectivity index (χ1v) is 10.8. The molecule has 28 heavy (non-hydrogen) atoms. The number of piperidine rings is 1. The fourth-order valence-corrected chi connectivity index (χ4v) is 4.24. The van der Waals surface area contributed by atoms with Gasteiger partial charge in [0.05, 0.1) is 6.04 Å². The Hall–Kier alpha value is -1.92. The number of unbranched alkanes of at least 4 members (excludes halogenated alkanes) is 6. The zero-order valence-electron chi connectivity index (χ0n) is 16.8. The first-order chi connectivity index (χ1) is 13.7. The Kier molecular flexibility index (Phi) is 7.86. The number of imide groups is 1. The number of hydrogen-bond acceptors (Lipinski definition) is 5. The number of hydrogen-bond donors (Lipinski definition) is 3. The molecule has 1 unspecified atom stereocenters. The van der Waals surface area contributed by atoms with Gasteiger partial charge in [-0.05, 0) is 43.0 Å². The van der Waals surface area contributed by atoms with Gasteiger partial charge in [-0.15, -0.1) is 0 Å². The summed E-state index contributed by atoms with van der Waals surface area (Å²) in [5, 5.41) is 6.08. The molecule has 2 amide bonds. The maximum atomic E-state index is 12.2. The van der Waals surface area contributed by atoms with Gasteiger partial charge in [0.25, 0.3) is 0 Å². The van der Waals surface area contributed by atoms with Crippen LogP contribution in [0, 0.1) is 0 Å². The molecule has 6 nitrogen and oxygen atoms in total. The molecule has 0 aromatic heterocycles. The fraction of sp³-hybridized carbons (Fsp3) is 0.636. The van der Waals surface area contributed by atoms with Crippen molar-refractivity contribution in [2.45, 2.75) is 76.9 Å². The average molecular weight is 387 g/mol. The smallest absolute Gasteiger partial charge is 0.243 e. The van der Waals surface area contributed by atoms with Crippen molar-refractivity contribution in [2.24, 2.45) is 5.73 Å². The SMILES string of the molecule is NCCCCCCCCCNc1cccc2c1CN(C1CCC(=O)NC1=O)C2. The minimum atomic E-state index is -0.197. The number of nitrogens with zero attached hydrogens (tertiary/aromatic N) is 1. The zero-order valence-corrected chi connectivity index (χ0v) is 16.8. The number of carbonyl (C=O) groups is 2. The molecule has 0 radical (unpaired) electrons. The Bertz CT molecular complexity index is 677. The molecule has 1 aromatic carbocycles. The summed E-state index contributed by atoms with van der Waals surface area (Å²) in [6, 6.07) is 6.18. The summed E-state index contributed by atoms with van der Waals surface area (Å²) in [6.45, 7) is 3.34. The molecule has 3 rings (SSSR count). The van der Waals surface area contributed by atoms with Crippen molar-refractivity contribution in [3.8, 4) is 0 Å². The lowest BCUT2D eigenvalue weighted by Crippen LogP contribution is -2.50. The summed E-state index contributed by atoms with van der Waals surface area (Å²) >= 11 is 0. The van der Waals surface area contributed by atoms with Gasteiger partial charge in [-0.2, -0.15) is 0 Å². The van der Waals surface area contributed by atoms with E-state index in [1.54, 1.807) is 0 Å². The topological polar surface area (TPSA) is 87.5 Å². The van der Waals surface area contributed by atoms with Crippen molar-refractivity contribution < 1.29 is 9.59 Å². The second kappa shape index (κ2) is 10.6. The molecule has 2 aliphatic heterocycles. The van der Waals surface area contributed by atoms with Gasteiger partial charge in [0.15, 0.2) is 0 Å². The molecule has 0 bridgehead atoms. The van der Waals surface area contributed by atoms with Crippen LogP contribution >= 0.6 is 0 Å². The van der Waals surface area contributed by atoms with E-state index in [9.17, 15) is 9.59 Å². The first-order valence-electron chi connectivity index (χ1n) is 10.8. The lowest BCUT2D eigenvalue weighted by molar-refractivity contribution is -0.137. The number of rotatable bonds is 11. The Morgan fingerprint density at radius 3 is 2.54 bits per heavy atom. The second-order valence-corrected chi connectivity index (χ2v) is 8.01. The van der Waals surface area contributed by atoms with Crippen molar-refractivity contribution in [1.82, 2.24) is 10.2 Å². The van der Waals surface area contributed by atoms with Crippen molar-refractivity contribution in [2.75, 3.05) is 18.4 Å². The molecule has 6 heteroatoms. The zero-order chi connectivity index (χ0) is 19.8. The van der Waals surface area contributed by atoms with Crippen LogP contribution in [0.3, 0.4) is 0 Å². The molecule has 0 aliphatic carbocycles. The number of amides is 2. The van der Waals surface area contributed by atoms with Gasteiger partial charge in [-0.3, -0.25) is 19.8 Å². The molecular weight excluding hydrogens is 352 g/mol. The number of nitrogens with one attached hydrogen (secondary N) is 2. The first kappa shape index (κ1) is 20.8. The standard InChI is InChI=1S/C22H34N4O2/c23-13-6-4-2-1-3-5-7-14-24-19-10-8-9-17-15-26(16-18(17)19)20-11-12-21(27)25-22(20)28/h8-10,20,24H,1-7,11-16,23H2,(H,25,27,28). The van der Waals surface area contributed by atoms with Crippen LogP contribution in [0.4, 0.5) is 5.69 Å². The maximum absolute atomic E-state index is 12.2. The monoisotopic (exact) mass is 386 g/mol. The van der Waals surface area contributed by atoms with E-state index in [4.69, 9.17) is 5.73 Å². The highest BCUT2D eigenvalue weighted by molar-refractivity contribution is 6.00.